The summed E-state index contributed by atoms with van der Waals surface area (Å²) in [7, 11) is 2.22. The first-order valence-electron chi connectivity index (χ1n) is 5.29. The first-order chi connectivity index (χ1) is 6.84. The fraction of sp³-hybridized carbons (Fsp3) is 1.00. The number of hydrogen-bond donors (Lipinski definition) is 4. The van der Waals surface area contributed by atoms with Gasteiger partial charge in [0.1, 0.15) is 0 Å². The van der Waals surface area contributed by atoms with Crippen molar-refractivity contribution in [3.63, 3.8) is 0 Å². The summed E-state index contributed by atoms with van der Waals surface area (Å²) in [5.74, 6) is 8.00. The molecule has 1 fully saturated rings. The smallest absolute Gasteiger partial charge is 0.0218 e. The topological polar surface area (TPSA) is 93.3 Å². The molecule has 0 spiro atoms. The Hall–Kier alpha value is -0.200. The van der Waals surface area contributed by atoms with E-state index in [9.17, 15) is 0 Å². The molecular weight excluding hydrogens is 178 g/mol. The van der Waals surface area contributed by atoms with Crippen LogP contribution in [0.15, 0.2) is 0 Å². The zero-order chi connectivity index (χ0) is 10.8. The van der Waals surface area contributed by atoms with Gasteiger partial charge in [0.25, 0.3) is 0 Å². The molecule has 1 rings (SSSR count). The molecule has 5 heteroatoms. The van der Waals surface area contributed by atoms with E-state index in [-0.39, 0.29) is 0 Å². The van der Waals surface area contributed by atoms with E-state index in [1.165, 1.54) is 25.8 Å². The van der Waals surface area contributed by atoms with Gasteiger partial charge in [0.15, 0.2) is 0 Å². The molecule has 0 aromatic heterocycles. The van der Waals surface area contributed by atoms with Gasteiger partial charge in [-0.25, -0.2) is 0 Å². The quantitative estimate of drug-likeness (QED) is 0.263. The minimum Gasteiger partial charge on any atom is -0.330 e. The minimum atomic E-state index is 0.741. The Morgan fingerprint density at radius 1 is 1.36 bits per heavy atom. The van der Waals surface area contributed by atoms with E-state index >= 15 is 0 Å². The van der Waals surface area contributed by atoms with Crippen LogP contribution in [0.5, 0.6) is 0 Å². The molecule has 1 atom stereocenters. The summed E-state index contributed by atoms with van der Waals surface area (Å²) in [5, 5.41) is 3.42. The van der Waals surface area contributed by atoms with Gasteiger partial charge in [-0.1, -0.05) is 6.42 Å². The van der Waals surface area contributed by atoms with Crippen LogP contribution in [0.1, 0.15) is 19.3 Å². The van der Waals surface area contributed by atoms with Crippen molar-refractivity contribution in [2.75, 3.05) is 33.2 Å². The van der Waals surface area contributed by atoms with E-state index < -0.39 is 0 Å². The Bertz CT molecular complexity index is 120. The molecule has 0 saturated carbocycles. The number of likely N-dealkylation sites (N-methyl/N-ethyl adjacent to an activating group) is 1. The second-order valence-corrected chi connectivity index (χ2v) is 3.62. The van der Waals surface area contributed by atoms with Gasteiger partial charge in [0, 0.05) is 25.7 Å². The van der Waals surface area contributed by atoms with Gasteiger partial charge in [-0.15, -0.1) is 0 Å². The Labute approximate surface area is 87.0 Å². The summed E-state index contributed by atoms with van der Waals surface area (Å²) in [5.41, 5.74) is 5.45. The summed E-state index contributed by atoms with van der Waals surface area (Å²) in [6.45, 7) is 4.32. The molecule has 1 aliphatic heterocycles. The monoisotopic (exact) mass is 203 g/mol. The maximum Gasteiger partial charge on any atom is 0.0218 e. The Balaban J connectivity index is 0.000000791. The van der Waals surface area contributed by atoms with Gasteiger partial charge in [-0.05, 0) is 26.4 Å². The number of nitrogens with zero attached hydrogens (tertiary/aromatic N) is 1. The number of nitrogens with one attached hydrogen (secondary N) is 1. The third-order valence-electron chi connectivity index (χ3n) is 2.64. The first-order valence-corrected chi connectivity index (χ1v) is 5.29. The molecule has 14 heavy (non-hydrogen) atoms. The predicted molar refractivity (Wildman–Crippen MR) is 60.6 cm³/mol. The van der Waals surface area contributed by atoms with E-state index in [4.69, 9.17) is 5.73 Å². The number of rotatable bonds is 4. The van der Waals surface area contributed by atoms with Crippen LogP contribution < -0.4 is 22.7 Å². The van der Waals surface area contributed by atoms with E-state index in [1.807, 2.05) is 0 Å². The molecule has 86 valence electrons. The highest BCUT2D eigenvalue weighted by Gasteiger charge is 2.17. The maximum atomic E-state index is 5.45. The SMILES string of the molecule is CN1CCNCC1CCCCN.NN. The molecule has 1 heterocycles. The average Bonchev–Trinajstić information content (AvgIpc) is 2.24. The highest BCUT2D eigenvalue weighted by Crippen LogP contribution is 2.08. The first kappa shape index (κ1) is 13.8. The normalized spacial score (nSPS) is 22.7. The number of nitrogens with two attached hydrogens (primary N) is 3. The molecule has 5 nitrogen and oxygen atoms in total. The predicted octanol–water partition coefficient (Wildman–Crippen LogP) is -1.16. The van der Waals surface area contributed by atoms with Gasteiger partial charge in [0.05, 0.1) is 0 Å². The van der Waals surface area contributed by atoms with Crippen LogP contribution in [-0.2, 0) is 0 Å². The van der Waals surface area contributed by atoms with E-state index in [0.29, 0.717) is 0 Å². The van der Waals surface area contributed by atoms with Gasteiger partial charge in [-0.2, -0.15) is 0 Å². The Morgan fingerprint density at radius 2 is 2.07 bits per heavy atom. The number of hydrogen-bond acceptors (Lipinski definition) is 5. The van der Waals surface area contributed by atoms with Crippen molar-refractivity contribution < 1.29 is 0 Å². The van der Waals surface area contributed by atoms with Crippen molar-refractivity contribution in [1.82, 2.24) is 10.2 Å². The number of hydrazine groups is 1. The van der Waals surface area contributed by atoms with Crippen LogP contribution in [0.25, 0.3) is 0 Å². The van der Waals surface area contributed by atoms with Crippen LogP contribution in [-0.4, -0.2) is 44.2 Å². The fourth-order valence-corrected chi connectivity index (χ4v) is 1.71. The lowest BCUT2D eigenvalue weighted by atomic mass is 10.1. The van der Waals surface area contributed by atoms with Crippen molar-refractivity contribution in [2.24, 2.45) is 17.4 Å². The van der Waals surface area contributed by atoms with Gasteiger partial charge in [0.2, 0.25) is 0 Å². The van der Waals surface area contributed by atoms with Crippen molar-refractivity contribution >= 4 is 0 Å². The standard InChI is InChI=1S/C9H21N3.H4N2/c1-12-7-6-11-8-9(12)4-2-3-5-10;1-2/h9,11H,2-8,10H2,1H3;1-2H2. The molecule has 0 radical (unpaired) electrons. The zero-order valence-electron chi connectivity index (χ0n) is 9.21. The molecule has 0 aromatic carbocycles. The van der Waals surface area contributed by atoms with Crippen molar-refractivity contribution in [3.05, 3.63) is 0 Å². The van der Waals surface area contributed by atoms with Crippen LogP contribution in [0.4, 0.5) is 0 Å². The zero-order valence-corrected chi connectivity index (χ0v) is 9.21. The van der Waals surface area contributed by atoms with Crippen LogP contribution in [0.2, 0.25) is 0 Å². The van der Waals surface area contributed by atoms with Crippen molar-refractivity contribution in [2.45, 2.75) is 25.3 Å². The summed E-state index contributed by atoms with van der Waals surface area (Å²) < 4.78 is 0. The molecule has 0 bridgehead atoms. The summed E-state index contributed by atoms with van der Waals surface area (Å²) >= 11 is 0. The Kier molecular flexibility index (Phi) is 9.23. The largest absolute Gasteiger partial charge is 0.330 e. The third kappa shape index (κ3) is 5.51. The molecule has 0 amide bonds. The Morgan fingerprint density at radius 3 is 2.64 bits per heavy atom. The third-order valence-corrected chi connectivity index (χ3v) is 2.64. The fourth-order valence-electron chi connectivity index (χ4n) is 1.71. The van der Waals surface area contributed by atoms with Gasteiger partial charge in [-0.3, -0.25) is 11.7 Å². The van der Waals surface area contributed by atoms with Crippen LogP contribution >= 0.6 is 0 Å². The molecule has 1 aliphatic rings. The second-order valence-electron chi connectivity index (χ2n) is 3.62. The lowest BCUT2D eigenvalue weighted by molar-refractivity contribution is 0.187. The van der Waals surface area contributed by atoms with E-state index in [0.717, 1.165) is 25.7 Å². The number of unbranched alkanes of at least 4 members (excludes halogenated alkanes) is 1. The summed E-state index contributed by atoms with van der Waals surface area (Å²) in [6.07, 6.45) is 3.73. The molecule has 0 aliphatic carbocycles. The highest BCUT2D eigenvalue weighted by molar-refractivity contribution is 4.76. The summed E-state index contributed by atoms with van der Waals surface area (Å²) in [4.78, 5) is 2.45. The lowest BCUT2D eigenvalue weighted by Gasteiger charge is -2.33. The lowest BCUT2D eigenvalue weighted by Crippen LogP contribution is -2.49. The molecule has 0 aromatic rings. The summed E-state index contributed by atoms with van der Waals surface area (Å²) in [6, 6.07) is 0.741. The maximum absolute atomic E-state index is 5.45. The van der Waals surface area contributed by atoms with Gasteiger partial charge < -0.3 is 16.0 Å². The van der Waals surface area contributed by atoms with Crippen molar-refractivity contribution in [3.8, 4) is 0 Å². The van der Waals surface area contributed by atoms with Crippen molar-refractivity contribution in [1.29, 1.82) is 0 Å². The molecule has 1 saturated heterocycles. The van der Waals surface area contributed by atoms with Crippen LogP contribution in [0.3, 0.4) is 0 Å². The van der Waals surface area contributed by atoms with E-state index in [2.05, 4.69) is 28.9 Å². The minimum absolute atomic E-state index is 0.741. The van der Waals surface area contributed by atoms with E-state index in [1.54, 1.807) is 0 Å². The second kappa shape index (κ2) is 9.36. The van der Waals surface area contributed by atoms with Gasteiger partial charge >= 0.3 is 0 Å². The molecular formula is C9H25N5. The highest BCUT2D eigenvalue weighted by atomic mass is 15.2. The molecule has 1 unspecified atom stereocenters. The molecule has 7 N–H and O–H groups in total. The average molecular weight is 203 g/mol. The van der Waals surface area contributed by atoms with Crippen LogP contribution in [0, 0.1) is 0 Å². The number of piperazine rings is 1.